The number of aliphatic imine (C=N–C) groups is 1. The van der Waals surface area contributed by atoms with E-state index in [1.807, 2.05) is 0 Å². The Morgan fingerprint density at radius 2 is 1.67 bits per heavy atom. The number of halogens is 1. The summed E-state index contributed by atoms with van der Waals surface area (Å²) in [6, 6.07) is 2.08. The highest BCUT2D eigenvalue weighted by atomic mass is 35.5. The van der Waals surface area contributed by atoms with Crippen LogP contribution in [0.5, 0.6) is 0 Å². The molecule has 2 amide bonds. The van der Waals surface area contributed by atoms with Gasteiger partial charge in [-0.15, -0.1) is 0 Å². The van der Waals surface area contributed by atoms with E-state index in [1.54, 1.807) is 32.9 Å². The number of nitrogens with zero attached hydrogens (tertiary/aromatic N) is 1. The number of rotatable bonds is 17. The van der Waals surface area contributed by atoms with Gasteiger partial charge in [-0.2, -0.15) is 4.72 Å². The maximum absolute atomic E-state index is 13.4. The van der Waals surface area contributed by atoms with Gasteiger partial charge in [0.25, 0.3) is 0 Å². The molecule has 1 unspecified atom stereocenters. The first-order valence-electron chi connectivity index (χ1n) is 12.9. The van der Waals surface area contributed by atoms with Gasteiger partial charge in [0, 0.05) is 12.8 Å². The SMILES string of the molecule is CCC(C)[C@@H](NC(=O)[C@H](CCCN=C(N)N)NS(=O)(=O)c1ccc(C)cc1)C(=O)N[C@H](/C=C(\Cl)S(C)(=O)=O)CC(=O)O. The normalized spacial score (nSPS) is 15.1. The molecule has 17 heteroatoms. The number of hydrogen-bond acceptors (Lipinski definition) is 8. The summed E-state index contributed by atoms with van der Waals surface area (Å²) in [5, 5.41) is 14.2. The number of carboxylic acid groups (broad SMARTS) is 1. The van der Waals surface area contributed by atoms with Crippen molar-refractivity contribution in [3.63, 3.8) is 0 Å². The fourth-order valence-corrected chi connectivity index (χ4v) is 5.36. The quantitative estimate of drug-likeness (QED) is 0.0766. The zero-order valence-corrected chi connectivity index (χ0v) is 26.2. The summed E-state index contributed by atoms with van der Waals surface area (Å²) < 4.78 is 51.3. The Balaban J connectivity index is 3.31. The van der Waals surface area contributed by atoms with Crippen molar-refractivity contribution in [1.29, 1.82) is 0 Å². The van der Waals surface area contributed by atoms with Crippen LogP contribution in [0.3, 0.4) is 0 Å². The molecule has 0 aliphatic rings. The third-order valence-electron chi connectivity index (χ3n) is 6.09. The van der Waals surface area contributed by atoms with Gasteiger partial charge in [-0.25, -0.2) is 16.8 Å². The molecule has 0 spiro atoms. The summed E-state index contributed by atoms with van der Waals surface area (Å²) in [4.78, 5) is 41.8. The van der Waals surface area contributed by atoms with E-state index >= 15 is 0 Å². The number of sulfonamides is 1. The van der Waals surface area contributed by atoms with E-state index < -0.39 is 72.5 Å². The van der Waals surface area contributed by atoms with E-state index in [-0.39, 0.29) is 30.2 Å². The minimum absolute atomic E-state index is 0.0309. The first-order valence-corrected chi connectivity index (χ1v) is 16.7. The number of benzene rings is 1. The second-order valence-corrected chi connectivity index (χ2v) is 14.1. The molecule has 0 radical (unpaired) electrons. The van der Waals surface area contributed by atoms with Crippen LogP contribution in [0.25, 0.3) is 0 Å². The Labute approximate surface area is 251 Å². The number of carbonyl (C=O) groups is 3. The van der Waals surface area contributed by atoms with Crippen molar-refractivity contribution in [3.8, 4) is 0 Å². The Morgan fingerprint density at radius 1 is 1.07 bits per heavy atom. The molecule has 0 saturated heterocycles. The Morgan fingerprint density at radius 3 is 2.17 bits per heavy atom. The molecule has 0 saturated carbocycles. The number of hydrogen-bond donors (Lipinski definition) is 6. The van der Waals surface area contributed by atoms with Crippen molar-refractivity contribution >= 4 is 55.2 Å². The van der Waals surface area contributed by atoms with Gasteiger partial charge in [0.1, 0.15) is 16.4 Å². The van der Waals surface area contributed by atoms with E-state index in [9.17, 15) is 36.3 Å². The summed E-state index contributed by atoms with van der Waals surface area (Å²) in [6.45, 7) is 5.30. The van der Waals surface area contributed by atoms with Gasteiger partial charge in [-0.05, 0) is 43.9 Å². The maximum Gasteiger partial charge on any atom is 0.305 e. The molecule has 4 atom stereocenters. The summed E-state index contributed by atoms with van der Waals surface area (Å²) in [5.41, 5.74) is 11.5. The lowest BCUT2D eigenvalue weighted by Crippen LogP contribution is -2.56. The van der Waals surface area contributed by atoms with Gasteiger partial charge in [0.15, 0.2) is 15.8 Å². The summed E-state index contributed by atoms with van der Waals surface area (Å²) >= 11 is 5.78. The molecule has 0 heterocycles. The Hall–Kier alpha value is -3.21. The summed E-state index contributed by atoms with van der Waals surface area (Å²) in [5.74, 6) is -3.66. The highest BCUT2D eigenvalue weighted by Gasteiger charge is 2.32. The van der Waals surface area contributed by atoms with E-state index in [2.05, 4.69) is 20.3 Å². The van der Waals surface area contributed by atoms with Gasteiger partial charge in [-0.3, -0.25) is 19.4 Å². The average Bonchev–Trinajstić information content (AvgIpc) is 2.87. The molecular formula is C25H39ClN6O8S2. The molecular weight excluding hydrogens is 612 g/mol. The van der Waals surface area contributed by atoms with Crippen LogP contribution in [0, 0.1) is 12.8 Å². The van der Waals surface area contributed by atoms with Crippen LogP contribution in [0.1, 0.15) is 45.1 Å². The van der Waals surface area contributed by atoms with E-state index in [1.165, 1.54) is 12.1 Å². The zero-order chi connectivity index (χ0) is 32.3. The predicted molar refractivity (Wildman–Crippen MR) is 160 cm³/mol. The van der Waals surface area contributed by atoms with Crippen molar-refractivity contribution in [3.05, 3.63) is 40.3 Å². The van der Waals surface area contributed by atoms with Gasteiger partial charge >= 0.3 is 5.97 Å². The lowest BCUT2D eigenvalue weighted by atomic mass is 9.97. The zero-order valence-electron chi connectivity index (χ0n) is 23.8. The van der Waals surface area contributed by atoms with Crippen molar-refractivity contribution in [1.82, 2.24) is 15.4 Å². The van der Waals surface area contributed by atoms with Crippen molar-refractivity contribution in [2.75, 3.05) is 12.8 Å². The second kappa shape index (κ2) is 16.4. The van der Waals surface area contributed by atoms with Crippen LogP contribution >= 0.6 is 11.6 Å². The lowest BCUT2D eigenvalue weighted by Gasteiger charge is -2.27. The van der Waals surface area contributed by atoms with Crippen LogP contribution in [0.4, 0.5) is 0 Å². The van der Waals surface area contributed by atoms with Gasteiger partial charge < -0.3 is 27.2 Å². The minimum atomic E-state index is -4.16. The predicted octanol–water partition coefficient (Wildman–Crippen LogP) is 0.311. The molecule has 1 rings (SSSR count). The minimum Gasteiger partial charge on any atom is -0.481 e. The highest BCUT2D eigenvalue weighted by Crippen LogP contribution is 2.16. The van der Waals surface area contributed by atoms with Crippen molar-refractivity contribution in [2.24, 2.45) is 22.4 Å². The molecule has 42 heavy (non-hydrogen) atoms. The molecule has 14 nitrogen and oxygen atoms in total. The third-order valence-corrected chi connectivity index (χ3v) is 9.39. The Bertz CT molecular complexity index is 1380. The largest absolute Gasteiger partial charge is 0.481 e. The topological polar surface area (TPSA) is 240 Å². The van der Waals surface area contributed by atoms with Crippen LogP contribution < -0.4 is 26.8 Å². The fourth-order valence-electron chi connectivity index (χ4n) is 3.57. The molecule has 0 aliphatic carbocycles. The Kier molecular flexibility index (Phi) is 14.4. The molecule has 1 aromatic rings. The number of nitrogens with one attached hydrogen (secondary N) is 3. The van der Waals surface area contributed by atoms with E-state index in [0.29, 0.717) is 6.42 Å². The third kappa shape index (κ3) is 12.8. The number of aryl methyl sites for hydroxylation is 1. The monoisotopic (exact) mass is 650 g/mol. The molecule has 1 aromatic carbocycles. The average molecular weight is 651 g/mol. The standard InChI is InChI=1S/C25H39ClN6O8S2/c1-5-16(3)22(24(36)30-17(14-21(33)34)13-20(26)41(4,37)38)31-23(35)19(7-6-12-29-25(27)28)32-42(39,40)18-10-8-15(2)9-11-18/h8-11,13,16-17,19,22,32H,5-7,12,14H2,1-4H3,(H,30,36)(H,31,35)(H,33,34)(H4,27,28,29)/b20-13+/t16?,17-,19+,22-/m1/s1. The number of guanidine groups is 1. The van der Waals surface area contributed by atoms with Crippen molar-refractivity contribution < 1.29 is 36.3 Å². The van der Waals surface area contributed by atoms with Crippen LogP contribution in [-0.2, 0) is 34.2 Å². The first-order chi connectivity index (χ1) is 19.4. The fraction of sp³-hybridized carbons (Fsp3) is 0.520. The number of carbonyl (C=O) groups excluding carboxylic acids is 2. The van der Waals surface area contributed by atoms with Crippen LogP contribution in [0.2, 0.25) is 0 Å². The highest BCUT2D eigenvalue weighted by molar-refractivity contribution is 7.96. The van der Waals surface area contributed by atoms with Gasteiger partial charge in [0.2, 0.25) is 21.8 Å². The van der Waals surface area contributed by atoms with E-state index in [0.717, 1.165) is 17.9 Å². The molecule has 0 aromatic heterocycles. The van der Waals surface area contributed by atoms with Gasteiger partial charge in [-0.1, -0.05) is 49.6 Å². The number of carboxylic acids is 1. The maximum atomic E-state index is 13.4. The second-order valence-electron chi connectivity index (χ2n) is 9.76. The summed E-state index contributed by atoms with van der Waals surface area (Å²) in [7, 11) is -8.04. The van der Waals surface area contributed by atoms with Crippen molar-refractivity contribution in [2.45, 2.75) is 69.5 Å². The molecule has 236 valence electrons. The molecule has 8 N–H and O–H groups in total. The lowest BCUT2D eigenvalue weighted by molar-refractivity contribution is -0.137. The van der Waals surface area contributed by atoms with Crippen LogP contribution in [0.15, 0.2) is 44.6 Å². The number of aliphatic carboxylic acids is 1. The number of amides is 2. The number of sulfone groups is 1. The molecule has 0 aliphatic heterocycles. The smallest absolute Gasteiger partial charge is 0.305 e. The molecule has 0 bridgehead atoms. The van der Waals surface area contributed by atoms with Gasteiger partial charge in [0.05, 0.1) is 17.4 Å². The number of nitrogens with two attached hydrogens (primary N) is 2. The van der Waals surface area contributed by atoms with E-state index in [4.69, 9.17) is 23.1 Å². The molecule has 0 fully saturated rings. The first kappa shape index (κ1) is 36.8. The van der Waals surface area contributed by atoms with Crippen LogP contribution in [-0.4, -0.2) is 76.6 Å². The summed E-state index contributed by atoms with van der Waals surface area (Å²) in [6.07, 6.45) is 1.59.